The van der Waals surface area contributed by atoms with Gasteiger partial charge in [-0.15, -0.1) is 0 Å². The third-order valence-electron chi connectivity index (χ3n) is 6.90. The van der Waals surface area contributed by atoms with E-state index in [4.69, 9.17) is 14.2 Å². The minimum absolute atomic E-state index is 0.324. The van der Waals surface area contributed by atoms with E-state index in [0.29, 0.717) is 19.6 Å². The van der Waals surface area contributed by atoms with Crippen LogP contribution >= 0.6 is 0 Å². The van der Waals surface area contributed by atoms with Gasteiger partial charge in [0.15, 0.2) is 11.5 Å². The van der Waals surface area contributed by atoms with Crippen LogP contribution in [0, 0.1) is 13.8 Å². The molecule has 4 rings (SSSR count). The zero-order valence-corrected chi connectivity index (χ0v) is 21.8. The molecular weight excluding hydrogens is 454 g/mol. The SMILES string of the molecule is COc1cc(CN2CCCC(O)(COc3ccc(C)cc3)CC2)ccc1OCCCn1ccnc1C. The minimum atomic E-state index is -0.801. The van der Waals surface area contributed by atoms with Crippen LogP contribution in [0.25, 0.3) is 0 Å². The summed E-state index contributed by atoms with van der Waals surface area (Å²) in [7, 11) is 1.68. The number of rotatable bonds is 11. The van der Waals surface area contributed by atoms with E-state index in [9.17, 15) is 5.11 Å². The molecule has 0 bridgehead atoms. The molecule has 0 amide bonds. The second-order valence-electron chi connectivity index (χ2n) is 9.81. The lowest BCUT2D eigenvalue weighted by atomic mass is 9.96. The van der Waals surface area contributed by atoms with E-state index in [1.165, 1.54) is 11.1 Å². The first-order chi connectivity index (χ1) is 17.4. The Morgan fingerprint density at radius 1 is 1.00 bits per heavy atom. The molecule has 1 N–H and O–H groups in total. The van der Waals surface area contributed by atoms with Gasteiger partial charge < -0.3 is 23.9 Å². The number of methoxy groups -OCH3 is 1. The Bertz CT molecular complexity index is 1100. The van der Waals surface area contributed by atoms with Crippen LogP contribution < -0.4 is 14.2 Å². The Balaban J connectivity index is 1.26. The summed E-state index contributed by atoms with van der Waals surface area (Å²) in [5, 5.41) is 11.2. The number of likely N-dealkylation sites (tertiary alicyclic amines) is 1. The number of benzene rings is 2. The lowest BCUT2D eigenvalue weighted by Gasteiger charge is -2.27. The predicted molar refractivity (Wildman–Crippen MR) is 141 cm³/mol. The maximum atomic E-state index is 11.2. The first kappa shape index (κ1) is 26.0. The maximum absolute atomic E-state index is 11.2. The van der Waals surface area contributed by atoms with E-state index in [0.717, 1.165) is 68.5 Å². The third-order valence-corrected chi connectivity index (χ3v) is 6.90. The molecule has 2 heterocycles. The van der Waals surface area contributed by atoms with Crippen molar-refractivity contribution >= 4 is 0 Å². The monoisotopic (exact) mass is 493 g/mol. The highest BCUT2D eigenvalue weighted by Gasteiger charge is 2.31. The van der Waals surface area contributed by atoms with Gasteiger partial charge in [0, 0.05) is 32.0 Å². The number of nitrogens with zero attached hydrogens (tertiary/aromatic N) is 3. The predicted octanol–water partition coefficient (Wildman–Crippen LogP) is 4.77. The topological polar surface area (TPSA) is 69.0 Å². The van der Waals surface area contributed by atoms with Crippen molar-refractivity contribution in [1.29, 1.82) is 0 Å². The molecule has 7 nitrogen and oxygen atoms in total. The molecule has 0 aliphatic carbocycles. The number of hydrogen-bond acceptors (Lipinski definition) is 6. The van der Waals surface area contributed by atoms with Gasteiger partial charge in [0.1, 0.15) is 18.2 Å². The van der Waals surface area contributed by atoms with E-state index >= 15 is 0 Å². The van der Waals surface area contributed by atoms with Gasteiger partial charge in [0.25, 0.3) is 0 Å². The number of aryl methyl sites for hydroxylation is 3. The lowest BCUT2D eigenvalue weighted by molar-refractivity contribution is -0.0168. The van der Waals surface area contributed by atoms with Crippen molar-refractivity contribution < 1.29 is 19.3 Å². The summed E-state index contributed by atoms with van der Waals surface area (Å²) >= 11 is 0. The van der Waals surface area contributed by atoms with Crippen LogP contribution in [0.5, 0.6) is 17.2 Å². The van der Waals surface area contributed by atoms with E-state index in [2.05, 4.69) is 33.5 Å². The van der Waals surface area contributed by atoms with Crippen molar-refractivity contribution in [3.8, 4) is 17.2 Å². The van der Waals surface area contributed by atoms with Crippen LogP contribution in [-0.4, -0.2) is 58.6 Å². The van der Waals surface area contributed by atoms with Gasteiger partial charge in [-0.05, 0) is 75.9 Å². The van der Waals surface area contributed by atoms with Crippen molar-refractivity contribution in [1.82, 2.24) is 14.5 Å². The normalized spacial score (nSPS) is 18.6. The summed E-state index contributed by atoms with van der Waals surface area (Å²) in [5.74, 6) is 3.34. The average Bonchev–Trinajstić information content (AvgIpc) is 3.20. The van der Waals surface area contributed by atoms with Gasteiger partial charge in [-0.1, -0.05) is 23.8 Å². The van der Waals surface area contributed by atoms with E-state index in [-0.39, 0.29) is 0 Å². The van der Waals surface area contributed by atoms with Gasteiger partial charge in [0.05, 0.1) is 19.3 Å². The summed E-state index contributed by atoms with van der Waals surface area (Å²) in [4.78, 5) is 6.65. The molecule has 1 atom stereocenters. The molecule has 1 aliphatic heterocycles. The van der Waals surface area contributed by atoms with Gasteiger partial charge in [-0.2, -0.15) is 0 Å². The first-order valence-electron chi connectivity index (χ1n) is 12.9. The standard InChI is InChI=1S/C29H39N3O4/c1-23-6-9-26(10-7-23)36-22-29(33)12-4-15-31(17-13-29)21-25-8-11-27(28(20-25)34-3)35-19-5-16-32-18-14-30-24(32)2/h6-11,14,18,20,33H,4-5,12-13,15-17,19,21-22H2,1-3H3. The molecule has 0 saturated carbocycles. The summed E-state index contributed by atoms with van der Waals surface area (Å²) in [6.45, 7) is 8.45. The quantitative estimate of drug-likeness (QED) is 0.388. The molecule has 0 radical (unpaired) electrons. The molecule has 0 spiro atoms. The Hall–Kier alpha value is -3.03. The smallest absolute Gasteiger partial charge is 0.161 e. The van der Waals surface area contributed by atoms with Crippen molar-refractivity contribution in [2.75, 3.05) is 33.4 Å². The second kappa shape index (κ2) is 12.3. The number of hydrogen-bond donors (Lipinski definition) is 1. The van der Waals surface area contributed by atoms with E-state index in [1.54, 1.807) is 7.11 Å². The van der Waals surface area contributed by atoms with Crippen LogP contribution in [0.2, 0.25) is 0 Å². The summed E-state index contributed by atoms with van der Waals surface area (Å²) in [5.41, 5.74) is 1.57. The second-order valence-corrected chi connectivity index (χ2v) is 9.81. The minimum Gasteiger partial charge on any atom is -0.493 e. The molecule has 7 heteroatoms. The molecule has 1 saturated heterocycles. The van der Waals surface area contributed by atoms with E-state index in [1.807, 2.05) is 49.6 Å². The summed E-state index contributed by atoms with van der Waals surface area (Å²) in [6, 6.07) is 14.1. The number of aliphatic hydroxyl groups is 1. The maximum Gasteiger partial charge on any atom is 0.161 e. The molecule has 1 fully saturated rings. The number of ether oxygens (including phenoxy) is 3. The fourth-order valence-corrected chi connectivity index (χ4v) is 4.63. The highest BCUT2D eigenvalue weighted by molar-refractivity contribution is 5.43. The highest BCUT2D eigenvalue weighted by Crippen LogP contribution is 2.30. The van der Waals surface area contributed by atoms with Crippen LogP contribution in [-0.2, 0) is 13.1 Å². The Labute approximate surface area is 214 Å². The molecule has 2 aromatic carbocycles. The van der Waals surface area contributed by atoms with Gasteiger partial charge >= 0.3 is 0 Å². The molecule has 1 aliphatic rings. The third kappa shape index (κ3) is 7.24. The molecule has 3 aromatic rings. The largest absolute Gasteiger partial charge is 0.493 e. The van der Waals surface area contributed by atoms with Crippen LogP contribution in [0.4, 0.5) is 0 Å². The van der Waals surface area contributed by atoms with Crippen molar-refractivity contribution in [3.05, 3.63) is 71.8 Å². The summed E-state index contributed by atoms with van der Waals surface area (Å²) < 4.78 is 19.7. The molecule has 1 unspecified atom stereocenters. The van der Waals surface area contributed by atoms with E-state index < -0.39 is 5.60 Å². The Morgan fingerprint density at radius 3 is 2.58 bits per heavy atom. The number of aromatic nitrogens is 2. The molecule has 1 aromatic heterocycles. The average molecular weight is 494 g/mol. The van der Waals surface area contributed by atoms with Crippen LogP contribution in [0.1, 0.15) is 42.6 Å². The van der Waals surface area contributed by atoms with Gasteiger partial charge in [-0.25, -0.2) is 4.98 Å². The summed E-state index contributed by atoms with van der Waals surface area (Å²) in [6.07, 6.45) is 7.07. The van der Waals surface area contributed by atoms with Gasteiger partial charge in [-0.3, -0.25) is 4.90 Å². The zero-order valence-electron chi connectivity index (χ0n) is 21.8. The zero-order chi connectivity index (χ0) is 25.4. The fraction of sp³-hybridized carbons (Fsp3) is 0.483. The highest BCUT2D eigenvalue weighted by atomic mass is 16.5. The molecule has 194 valence electrons. The van der Waals surface area contributed by atoms with Crippen molar-refractivity contribution in [3.63, 3.8) is 0 Å². The Kier molecular flexibility index (Phi) is 8.88. The van der Waals surface area contributed by atoms with Crippen molar-refractivity contribution in [2.24, 2.45) is 0 Å². The van der Waals surface area contributed by atoms with Gasteiger partial charge in [0.2, 0.25) is 0 Å². The molecule has 36 heavy (non-hydrogen) atoms. The fourth-order valence-electron chi connectivity index (χ4n) is 4.63. The number of imidazole rings is 1. The van der Waals surface area contributed by atoms with Crippen LogP contribution in [0.3, 0.4) is 0 Å². The Morgan fingerprint density at radius 2 is 1.83 bits per heavy atom. The van der Waals surface area contributed by atoms with Crippen LogP contribution in [0.15, 0.2) is 54.9 Å². The lowest BCUT2D eigenvalue weighted by Crippen LogP contribution is -2.37. The van der Waals surface area contributed by atoms with Crippen molar-refractivity contribution in [2.45, 2.75) is 58.2 Å². The first-order valence-corrected chi connectivity index (χ1v) is 12.9. The molecular formula is C29H39N3O4.